The van der Waals surface area contributed by atoms with E-state index in [-0.39, 0.29) is 55.0 Å². The zero-order valence-electron chi connectivity index (χ0n) is 22.1. The first kappa shape index (κ1) is 28.2. The third-order valence-electron chi connectivity index (χ3n) is 6.36. The van der Waals surface area contributed by atoms with E-state index in [2.05, 4.69) is 31.2 Å². The van der Waals surface area contributed by atoms with Crippen molar-refractivity contribution in [3.63, 3.8) is 0 Å². The molecule has 2 bridgehead atoms. The molecule has 1 aliphatic rings. The summed E-state index contributed by atoms with van der Waals surface area (Å²) in [6.07, 6.45) is 4.03. The van der Waals surface area contributed by atoms with E-state index in [9.17, 15) is 19.2 Å². The Labute approximate surface area is 232 Å². The second-order valence-corrected chi connectivity index (χ2v) is 9.32. The second kappa shape index (κ2) is 14.4. The molecule has 0 saturated heterocycles. The van der Waals surface area contributed by atoms with Gasteiger partial charge in [0.05, 0.1) is 0 Å². The van der Waals surface area contributed by atoms with Gasteiger partial charge >= 0.3 is 0 Å². The van der Waals surface area contributed by atoms with Gasteiger partial charge in [0, 0.05) is 63.6 Å². The SMILES string of the molecule is O=C1CCCN(C(=O)c2ccccn2)CCNC(=O)[C@H](Cc2ccccc2)NC(=O)c2cc(ccn2)NCCN1. The normalized spacial score (nSPS) is 17.6. The predicted octanol–water partition coefficient (Wildman–Crippen LogP) is 1.40. The number of pyridine rings is 2. The molecule has 0 spiro atoms. The number of hydrogen-bond acceptors (Lipinski definition) is 7. The molecule has 4 amide bonds. The third-order valence-corrected chi connectivity index (χ3v) is 6.36. The third kappa shape index (κ3) is 8.35. The number of aromatic nitrogens is 2. The summed E-state index contributed by atoms with van der Waals surface area (Å²) in [5.74, 6) is -1.28. The molecule has 0 aliphatic carbocycles. The van der Waals surface area contributed by atoms with Gasteiger partial charge in [-0.3, -0.25) is 29.1 Å². The Bertz CT molecular complexity index is 1300. The van der Waals surface area contributed by atoms with Gasteiger partial charge < -0.3 is 26.2 Å². The number of anilines is 1. The van der Waals surface area contributed by atoms with Crippen molar-refractivity contribution in [2.75, 3.05) is 38.0 Å². The Morgan fingerprint density at radius 3 is 2.45 bits per heavy atom. The number of fused-ring (bicyclic) bond motifs is 2. The van der Waals surface area contributed by atoms with Crippen molar-refractivity contribution in [1.29, 1.82) is 0 Å². The standard InChI is InChI=1S/C29H33N7O4/c37-26-10-6-17-36(29(40)23-9-4-5-12-31-23)18-16-34-27(38)25(19-21-7-2-1-3-8-21)35-28(39)24-20-22(11-13-32-24)30-14-15-33-26/h1-5,7-9,11-13,20,25,30H,6,10,14-19H2,(H,33,37)(H,34,38)(H,35,39)/t25-/m0/s1. The van der Waals surface area contributed by atoms with Gasteiger partial charge in [0.25, 0.3) is 11.8 Å². The van der Waals surface area contributed by atoms with Gasteiger partial charge in [-0.15, -0.1) is 0 Å². The number of rotatable bonds is 3. The topological polar surface area (TPSA) is 145 Å². The van der Waals surface area contributed by atoms with Gasteiger partial charge in [-0.1, -0.05) is 36.4 Å². The van der Waals surface area contributed by atoms with Crippen LogP contribution in [0.1, 0.15) is 39.4 Å². The molecule has 11 heteroatoms. The highest BCUT2D eigenvalue weighted by atomic mass is 16.2. The van der Waals surface area contributed by atoms with Crippen LogP contribution in [0.5, 0.6) is 0 Å². The highest BCUT2D eigenvalue weighted by molar-refractivity contribution is 5.97. The molecule has 0 radical (unpaired) electrons. The van der Waals surface area contributed by atoms with E-state index >= 15 is 0 Å². The van der Waals surface area contributed by atoms with Crippen LogP contribution in [0.4, 0.5) is 5.69 Å². The number of hydrogen-bond donors (Lipinski definition) is 4. The van der Waals surface area contributed by atoms with Crippen LogP contribution in [0.15, 0.2) is 73.1 Å². The molecular weight excluding hydrogens is 510 g/mol. The van der Waals surface area contributed by atoms with Gasteiger partial charge in [0.1, 0.15) is 17.4 Å². The molecule has 3 aromatic rings. The summed E-state index contributed by atoms with van der Waals surface area (Å²) in [6.45, 7) is 1.51. The van der Waals surface area contributed by atoms with Crippen LogP contribution in [0, 0.1) is 0 Å². The minimum Gasteiger partial charge on any atom is -0.383 e. The molecule has 0 unspecified atom stereocenters. The second-order valence-electron chi connectivity index (χ2n) is 9.32. The summed E-state index contributed by atoms with van der Waals surface area (Å²) in [6, 6.07) is 16.9. The predicted molar refractivity (Wildman–Crippen MR) is 150 cm³/mol. The van der Waals surface area contributed by atoms with Crippen molar-refractivity contribution in [2.45, 2.75) is 25.3 Å². The highest BCUT2D eigenvalue weighted by Gasteiger charge is 2.24. The lowest BCUT2D eigenvalue weighted by Gasteiger charge is -2.24. The maximum absolute atomic E-state index is 13.3. The van der Waals surface area contributed by atoms with Crippen LogP contribution in [0.3, 0.4) is 0 Å². The van der Waals surface area contributed by atoms with Crippen LogP contribution in [-0.4, -0.2) is 77.3 Å². The lowest BCUT2D eigenvalue weighted by molar-refractivity contribution is -0.123. The lowest BCUT2D eigenvalue weighted by Crippen LogP contribution is -2.50. The molecule has 4 rings (SSSR count). The highest BCUT2D eigenvalue weighted by Crippen LogP contribution is 2.10. The van der Waals surface area contributed by atoms with Gasteiger partial charge in [0.2, 0.25) is 11.8 Å². The molecule has 0 fully saturated rings. The van der Waals surface area contributed by atoms with Crippen molar-refractivity contribution in [3.8, 4) is 0 Å². The van der Waals surface area contributed by atoms with Gasteiger partial charge in [-0.05, 0) is 36.2 Å². The zero-order valence-corrected chi connectivity index (χ0v) is 22.1. The largest absolute Gasteiger partial charge is 0.383 e. The van der Waals surface area contributed by atoms with Gasteiger partial charge in [0.15, 0.2) is 0 Å². The van der Waals surface area contributed by atoms with Gasteiger partial charge in [-0.25, -0.2) is 0 Å². The summed E-state index contributed by atoms with van der Waals surface area (Å²) in [5.41, 5.74) is 1.99. The summed E-state index contributed by atoms with van der Waals surface area (Å²) in [4.78, 5) is 61.8. The Kier molecular flexibility index (Phi) is 10.1. The van der Waals surface area contributed by atoms with E-state index in [0.29, 0.717) is 31.7 Å². The molecule has 4 N–H and O–H groups in total. The molecule has 1 aliphatic heterocycles. The summed E-state index contributed by atoms with van der Waals surface area (Å²) in [5, 5.41) is 11.7. The average Bonchev–Trinajstić information content (AvgIpc) is 2.98. The minimum atomic E-state index is -0.864. The number of nitrogens with one attached hydrogen (secondary N) is 4. The van der Waals surface area contributed by atoms with E-state index in [1.165, 1.54) is 6.20 Å². The Balaban J connectivity index is 1.53. The van der Waals surface area contributed by atoms with Crippen molar-refractivity contribution < 1.29 is 19.2 Å². The van der Waals surface area contributed by atoms with E-state index in [1.807, 2.05) is 30.3 Å². The number of amides is 4. The van der Waals surface area contributed by atoms with Gasteiger partial charge in [-0.2, -0.15) is 0 Å². The van der Waals surface area contributed by atoms with Crippen LogP contribution < -0.4 is 21.3 Å². The van der Waals surface area contributed by atoms with Crippen LogP contribution >= 0.6 is 0 Å². The number of nitrogens with zero attached hydrogens (tertiary/aromatic N) is 3. The smallest absolute Gasteiger partial charge is 0.272 e. The molecule has 208 valence electrons. The van der Waals surface area contributed by atoms with Crippen molar-refractivity contribution >= 4 is 29.3 Å². The molecular formula is C29H33N7O4. The van der Waals surface area contributed by atoms with Crippen molar-refractivity contribution in [3.05, 3.63) is 90.0 Å². The van der Waals surface area contributed by atoms with Crippen molar-refractivity contribution in [1.82, 2.24) is 30.8 Å². The number of benzene rings is 1. The molecule has 3 heterocycles. The Hall–Kier alpha value is -4.80. The fourth-order valence-corrected chi connectivity index (χ4v) is 4.29. The molecule has 11 nitrogen and oxygen atoms in total. The van der Waals surface area contributed by atoms with Crippen LogP contribution in [0.25, 0.3) is 0 Å². The molecule has 1 aromatic carbocycles. The summed E-state index contributed by atoms with van der Waals surface area (Å²) < 4.78 is 0. The lowest BCUT2D eigenvalue weighted by atomic mass is 10.0. The van der Waals surface area contributed by atoms with E-state index in [4.69, 9.17) is 0 Å². The van der Waals surface area contributed by atoms with E-state index < -0.39 is 11.9 Å². The summed E-state index contributed by atoms with van der Waals surface area (Å²) in [7, 11) is 0. The number of carbonyl (C=O) groups is 4. The van der Waals surface area contributed by atoms with E-state index in [0.717, 1.165) is 5.56 Å². The Morgan fingerprint density at radius 1 is 0.850 bits per heavy atom. The maximum atomic E-state index is 13.3. The fraction of sp³-hybridized carbons (Fsp3) is 0.310. The minimum absolute atomic E-state index is 0.128. The van der Waals surface area contributed by atoms with Crippen molar-refractivity contribution in [2.24, 2.45) is 0 Å². The number of carbonyl (C=O) groups excluding carboxylic acids is 4. The first-order valence-corrected chi connectivity index (χ1v) is 13.3. The summed E-state index contributed by atoms with van der Waals surface area (Å²) >= 11 is 0. The monoisotopic (exact) mass is 543 g/mol. The first-order chi connectivity index (χ1) is 19.5. The van der Waals surface area contributed by atoms with Crippen LogP contribution in [-0.2, 0) is 16.0 Å². The van der Waals surface area contributed by atoms with Crippen LogP contribution in [0.2, 0.25) is 0 Å². The quantitative estimate of drug-likeness (QED) is 0.391. The first-order valence-electron chi connectivity index (χ1n) is 13.3. The maximum Gasteiger partial charge on any atom is 0.272 e. The van der Waals surface area contributed by atoms with E-state index in [1.54, 1.807) is 41.4 Å². The molecule has 40 heavy (non-hydrogen) atoms. The average molecular weight is 544 g/mol. The Morgan fingerprint density at radius 2 is 1.65 bits per heavy atom. The molecule has 1 atom stereocenters. The fourth-order valence-electron chi connectivity index (χ4n) is 4.29. The zero-order chi connectivity index (χ0) is 28.2. The molecule has 2 aromatic heterocycles. The molecule has 0 saturated carbocycles.